The predicted molar refractivity (Wildman–Crippen MR) is 144 cm³/mol. The van der Waals surface area contributed by atoms with Crippen molar-refractivity contribution in [3.63, 3.8) is 0 Å². The van der Waals surface area contributed by atoms with E-state index < -0.39 is 10.0 Å². The van der Waals surface area contributed by atoms with E-state index in [2.05, 4.69) is 15.2 Å². The molecular weight excluding hydrogens is 492 g/mol. The summed E-state index contributed by atoms with van der Waals surface area (Å²) in [5.74, 6) is -0.122. The van der Waals surface area contributed by atoms with E-state index in [1.54, 1.807) is 18.5 Å². The number of hydroxylamine groups is 1. The summed E-state index contributed by atoms with van der Waals surface area (Å²) in [7, 11) is -3.56. The number of carbonyl (C=O) groups is 1. The summed E-state index contributed by atoms with van der Waals surface area (Å²) in [5.41, 5.74) is 1.79. The second-order valence-electron chi connectivity index (χ2n) is 8.88. The summed E-state index contributed by atoms with van der Waals surface area (Å²) in [6.07, 6.45) is 9.51. The quantitative estimate of drug-likeness (QED) is 0.202. The molecule has 1 aromatic heterocycles. The van der Waals surface area contributed by atoms with Gasteiger partial charge in [0.05, 0.1) is 32.1 Å². The van der Waals surface area contributed by atoms with Gasteiger partial charge in [0.25, 0.3) is 0 Å². The molecule has 9 nitrogen and oxygen atoms in total. The number of benzene rings is 1. The van der Waals surface area contributed by atoms with E-state index in [-0.39, 0.29) is 24.8 Å². The Morgan fingerprint density at radius 3 is 2.62 bits per heavy atom. The van der Waals surface area contributed by atoms with Gasteiger partial charge in [-0.25, -0.2) is 8.42 Å². The SMILES string of the molecule is O=C(C=Cc1cccnc1)NCCCCCCS(=O)(=O)N(CCN1CCOCC1)OCc1ccccc1. The topological polar surface area (TPSA) is 101 Å². The maximum atomic E-state index is 13.1. The largest absolute Gasteiger partial charge is 0.379 e. The standard InChI is InChI=1S/C27H38N4O5S/c32-27(13-12-25-11-8-14-28-23-25)29-15-6-1-2-7-22-37(33,34)31(17-16-30-18-20-35-21-19-30)36-24-26-9-4-3-5-10-26/h3-5,8-14,23H,1-2,6-7,15-22,24H2,(H,29,32). The number of hydrogen-bond donors (Lipinski definition) is 1. The van der Waals surface area contributed by atoms with Gasteiger partial charge in [-0.1, -0.05) is 53.7 Å². The van der Waals surface area contributed by atoms with Gasteiger partial charge >= 0.3 is 0 Å². The summed E-state index contributed by atoms with van der Waals surface area (Å²) in [6.45, 7) is 4.56. The number of hydrogen-bond acceptors (Lipinski definition) is 7. The number of nitrogens with zero attached hydrogens (tertiary/aromatic N) is 3. The Morgan fingerprint density at radius 1 is 1.08 bits per heavy atom. The Bertz CT molecular complexity index is 1040. The molecule has 1 aromatic carbocycles. The molecule has 1 aliphatic rings. The first-order chi connectivity index (χ1) is 18.0. The lowest BCUT2D eigenvalue weighted by Gasteiger charge is -2.29. The molecule has 37 heavy (non-hydrogen) atoms. The zero-order valence-corrected chi connectivity index (χ0v) is 22.2. The van der Waals surface area contributed by atoms with Crippen LogP contribution >= 0.6 is 0 Å². The van der Waals surface area contributed by atoms with Crippen LogP contribution in [0.4, 0.5) is 0 Å². The number of pyridine rings is 1. The molecular formula is C27H38N4O5S. The highest BCUT2D eigenvalue weighted by atomic mass is 32.2. The van der Waals surface area contributed by atoms with Crippen LogP contribution in [0.3, 0.4) is 0 Å². The Kier molecular flexibility index (Phi) is 12.7. The van der Waals surface area contributed by atoms with Crippen LogP contribution in [0.1, 0.15) is 36.8 Å². The van der Waals surface area contributed by atoms with E-state index in [9.17, 15) is 13.2 Å². The molecule has 0 spiro atoms. The molecule has 0 unspecified atom stereocenters. The lowest BCUT2D eigenvalue weighted by Crippen LogP contribution is -2.43. The summed E-state index contributed by atoms with van der Waals surface area (Å²) in [5, 5.41) is 2.85. The normalized spacial score (nSPS) is 14.8. The number of aromatic nitrogens is 1. The minimum Gasteiger partial charge on any atom is -0.379 e. The molecule has 1 amide bonds. The lowest BCUT2D eigenvalue weighted by atomic mass is 10.2. The summed E-state index contributed by atoms with van der Waals surface area (Å²) in [6, 6.07) is 13.3. The maximum absolute atomic E-state index is 13.1. The summed E-state index contributed by atoms with van der Waals surface area (Å²) >= 11 is 0. The maximum Gasteiger partial charge on any atom is 0.243 e. The van der Waals surface area contributed by atoms with E-state index in [4.69, 9.17) is 9.57 Å². The van der Waals surface area contributed by atoms with E-state index >= 15 is 0 Å². The van der Waals surface area contributed by atoms with Crippen molar-refractivity contribution < 1.29 is 22.8 Å². The highest BCUT2D eigenvalue weighted by molar-refractivity contribution is 7.88. The van der Waals surface area contributed by atoms with Crippen molar-refractivity contribution in [2.24, 2.45) is 0 Å². The van der Waals surface area contributed by atoms with E-state index in [1.807, 2.05) is 42.5 Å². The Labute approximate surface area is 220 Å². The molecule has 1 fully saturated rings. The number of ether oxygens (including phenoxy) is 1. The fraction of sp³-hybridized carbons (Fsp3) is 0.481. The fourth-order valence-corrected chi connectivity index (χ4v) is 5.18. The predicted octanol–water partition coefficient (Wildman–Crippen LogP) is 2.87. The zero-order valence-electron chi connectivity index (χ0n) is 21.3. The molecule has 1 N–H and O–H groups in total. The van der Waals surface area contributed by atoms with Crippen LogP contribution in [-0.4, -0.2) is 80.4 Å². The molecule has 1 aliphatic heterocycles. The van der Waals surface area contributed by atoms with Crippen LogP contribution in [0.5, 0.6) is 0 Å². The van der Waals surface area contributed by atoms with Crippen molar-refractivity contribution >= 4 is 22.0 Å². The lowest BCUT2D eigenvalue weighted by molar-refractivity contribution is -0.116. The minimum atomic E-state index is -3.56. The number of rotatable bonds is 16. The smallest absolute Gasteiger partial charge is 0.243 e. The van der Waals surface area contributed by atoms with Gasteiger partial charge < -0.3 is 10.1 Å². The number of carbonyl (C=O) groups excluding carboxylic acids is 1. The van der Waals surface area contributed by atoms with E-state index in [0.29, 0.717) is 32.7 Å². The molecule has 3 rings (SSSR count). The first-order valence-electron chi connectivity index (χ1n) is 12.9. The average Bonchev–Trinajstić information content (AvgIpc) is 2.93. The van der Waals surface area contributed by atoms with Gasteiger partial charge in [-0.15, -0.1) is 0 Å². The van der Waals surface area contributed by atoms with Crippen LogP contribution < -0.4 is 5.32 Å². The van der Waals surface area contributed by atoms with Crippen LogP contribution in [0.2, 0.25) is 0 Å². The number of unbranched alkanes of at least 4 members (excludes halogenated alkanes) is 3. The van der Waals surface area contributed by atoms with Crippen molar-refractivity contribution in [2.45, 2.75) is 32.3 Å². The molecule has 0 radical (unpaired) electrons. The monoisotopic (exact) mass is 530 g/mol. The third kappa shape index (κ3) is 11.5. The highest BCUT2D eigenvalue weighted by Gasteiger charge is 2.24. The first-order valence-corrected chi connectivity index (χ1v) is 14.5. The first kappa shape index (κ1) is 28.9. The third-order valence-corrected chi connectivity index (χ3v) is 7.68. The molecule has 0 saturated carbocycles. The van der Waals surface area contributed by atoms with Gasteiger partial charge in [-0.05, 0) is 36.1 Å². The van der Waals surface area contributed by atoms with Crippen LogP contribution in [-0.2, 0) is 31.0 Å². The van der Waals surface area contributed by atoms with Crippen molar-refractivity contribution in [3.8, 4) is 0 Å². The number of nitrogens with one attached hydrogen (secondary N) is 1. The van der Waals surface area contributed by atoms with Gasteiger partial charge in [0.15, 0.2) is 0 Å². The molecule has 202 valence electrons. The van der Waals surface area contributed by atoms with Crippen LogP contribution in [0.25, 0.3) is 6.08 Å². The fourth-order valence-electron chi connectivity index (χ4n) is 3.83. The Balaban J connectivity index is 1.37. The number of amides is 1. The summed E-state index contributed by atoms with van der Waals surface area (Å²) in [4.78, 5) is 23.9. The van der Waals surface area contributed by atoms with Crippen LogP contribution in [0, 0.1) is 0 Å². The Morgan fingerprint density at radius 2 is 1.86 bits per heavy atom. The molecule has 10 heteroatoms. The molecule has 1 saturated heterocycles. The van der Waals surface area contributed by atoms with Gasteiger partial charge in [-0.2, -0.15) is 0 Å². The van der Waals surface area contributed by atoms with Gasteiger partial charge in [-0.3, -0.25) is 19.5 Å². The minimum absolute atomic E-state index is 0.0328. The van der Waals surface area contributed by atoms with Crippen molar-refractivity contribution in [3.05, 3.63) is 72.1 Å². The van der Waals surface area contributed by atoms with Gasteiger partial charge in [0, 0.05) is 44.6 Å². The van der Waals surface area contributed by atoms with Crippen molar-refractivity contribution in [2.75, 3.05) is 51.7 Å². The highest BCUT2D eigenvalue weighted by Crippen LogP contribution is 2.12. The zero-order chi connectivity index (χ0) is 26.2. The van der Waals surface area contributed by atoms with Crippen LogP contribution in [0.15, 0.2) is 60.9 Å². The number of sulfonamides is 1. The molecule has 2 aromatic rings. The van der Waals surface area contributed by atoms with Gasteiger partial charge in [0.1, 0.15) is 0 Å². The number of morpholine rings is 1. The van der Waals surface area contributed by atoms with Crippen molar-refractivity contribution in [1.82, 2.24) is 19.7 Å². The second kappa shape index (κ2) is 16.3. The average molecular weight is 531 g/mol. The Hall–Kier alpha value is -2.63. The summed E-state index contributed by atoms with van der Waals surface area (Å²) < 4.78 is 32.7. The molecule has 0 aliphatic carbocycles. The molecule has 0 bridgehead atoms. The van der Waals surface area contributed by atoms with E-state index in [0.717, 1.165) is 43.5 Å². The van der Waals surface area contributed by atoms with Crippen molar-refractivity contribution in [1.29, 1.82) is 0 Å². The third-order valence-electron chi connectivity index (χ3n) is 5.97. The molecule has 0 atom stereocenters. The molecule has 2 heterocycles. The van der Waals surface area contributed by atoms with Gasteiger partial charge in [0.2, 0.25) is 15.9 Å². The van der Waals surface area contributed by atoms with E-state index in [1.165, 1.54) is 10.5 Å². The second-order valence-corrected chi connectivity index (χ2v) is 10.9.